The van der Waals surface area contributed by atoms with Crippen LogP contribution in [-0.2, 0) is 6.54 Å². The second kappa shape index (κ2) is 8.13. The van der Waals surface area contributed by atoms with Crippen LogP contribution < -0.4 is 5.32 Å². The summed E-state index contributed by atoms with van der Waals surface area (Å²) in [5, 5.41) is 11.5. The van der Waals surface area contributed by atoms with Crippen molar-refractivity contribution >= 4 is 16.9 Å². The van der Waals surface area contributed by atoms with Crippen LogP contribution in [0.1, 0.15) is 49.5 Å². The van der Waals surface area contributed by atoms with E-state index in [1.165, 1.54) is 0 Å². The summed E-state index contributed by atoms with van der Waals surface area (Å²) in [6.45, 7) is 7.09. The number of carbonyl (C=O) groups is 1. The molecule has 0 aliphatic heterocycles. The van der Waals surface area contributed by atoms with E-state index in [-0.39, 0.29) is 11.9 Å². The Hall–Kier alpha value is -2.69. The summed E-state index contributed by atoms with van der Waals surface area (Å²) in [7, 11) is 0. The van der Waals surface area contributed by atoms with Crippen LogP contribution in [0, 0.1) is 5.92 Å². The molecular formula is C21H26N4O. The molecule has 1 heterocycles. The molecule has 26 heavy (non-hydrogen) atoms. The van der Waals surface area contributed by atoms with Crippen molar-refractivity contribution in [1.82, 2.24) is 20.3 Å². The standard InChI is InChI=1S/C21H26N4O/c1-15(2)8-9-16(3)22-21(26)18-12-10-17(11-13-18)14-25-20-7-5-4-6-19(20)23-24-25/h4-7,10-13,15-16H,8-9,14H2,1-3H3,(H,22,26). The molecule has 1 N–H and O–H groups in total. The first kappa shape index (κ1) is 18.1. The molecule has 1 amide bonds. The van der Waals surface area contributed by atoms with Crippen LogP contribution >= 0.6 is 0 Å². The zero-order valence-electron chi connectivity index (χ0n) is 15.6. The quantitative estimate of drug-likeness (QED) is 0.700. The van der Waals surface area contributed by atoms with E-state index in [1.807, 2.05) is 53.2 Å². The number of carbonyl (C=O) groups excluding carboxylic acids is 1. The third-order valence-electron chi connectivity index (χ3n) is 4.52. The summed E-state index contributed by atoms with van der Waals surface area (Å²) in [5.41, 5.74) is 3.67. The lowest BCUT2D eigenvalue weighted by Gasteiger charge is -2.15. The number of aromatic nitrogens is 3. The Balaban J connectivity index is 1.62. The van der Waals surface area contributed by atoms with Crippen LogP contribution in [0.15, 0.2) is 48.5 Å². The van der Waals surface area contributed by atoms with Crippen molar-refractivity contribution in [3.8, 4) is 0 Å². The molecule has 0 radical (unpaired) electrons. The lowest BCUT2D eigenvalue weighted by molar-refractivity contribution is 0.0937. The summed E-state index contributed by atoms with van der Waals surface area (Å²) >= 11 is 0. The van der Waals surface area contributed by atoms with Gasteiger partial charge in [-0.2, -0.15) is 0 Å². The Morgan fingerprint density at radius 1 is 1.04 bits per heavy atom. The summed E-state index contributed by atoms with van der Waals surface area (Å²) in [5.74, 6) is 0.639. The first-order valence-corrected chi connectivity index (χ1v) is 9.21. The third-order valence-corrected chi connectivity index (χ3v) is 4.52. The van der Waals surface area contributed by atoms with Gasteiger partial charge < -0.3 is 5.32 Å². The Morgan fingerprint density at radius 2 is 1.77 bits per heavy atom. The molecule has 5 nitrogen and oxygen atoms in total. The van der Waals surface area contributed by atoms with Gasteiger partial charge in [0.2, 0.25) is 0 Å². The summed E-state index contributed by atoms with van der Waals surface area (Å²) in [6.07, 6.45) is 2.12. The van der Waals surface area contributed by atoms with Gasteiger partial charge in [0, 0.05) is 11.6 Å². The van der Waals surface area contributed by atoms with Crippen LogP contribution in [0.5, 0.6) is 0 Å². The molecule has 1 atom stereocenters. The topological polar surface area (TPSA) is 59.8 Å². The van der Waals surface area contributed by atoms with Gasteiger partial charge in [0.1, 0.15) is 5.52 Å². The minimum Gasteiger partial charge on any atom is -0.350 e. The highest BCUT2D eigenvalue weighted by molar-refractivity contribution is 5.94. The highest BCUT2D eigenvalue weighted by Crippen LogP contribution is 2.13. The average molecular weight is 350 g/mol. The lowest BCUT2D eigenvalue weighted by atomic mass is 10.0. The third kappa shape index (κ3) is 4.48. The van der Waals surface area contributed by atoms with Crippen LogP contribution in [0.4, 0.5) is 0 Å². The van der Waals surface area contributed by atoms with Crippen molar-refractivity contribution in [2.75, 3.05) is 0 Å². The SMILES string of the molecule is CC(C)CCC(C)NC(=O)c1ccc(Cn2nnc3ccccc32)cc1. The number of rotatable bonds is 7. The van der Waals surface area contributed by atoms with E-state index in [0.717, 1.165) is 29.4 Å². The maximum absolute atomic E-state index is 12.4. The largest absolute Gasteiger partial charge is 0.350 e. The molecule has 0 spiro atoms. The van der Waals surface area contributed by atoms with Gasteiger partial charge in [-0.25, -0.2) is 4.68 Å². The van der Waals surface area contributed by atoms with E-state index in [0.29, 0.717) is 18.0 Å². The van der Waals surface area contributed by atoms with E-state index in [1.54, 1.807) is 0 Å². The normalized spacial score (nSPS) is 12.5. The maximum Gasteiger partial charge on any atom is 0.251 e. The number of amides is 1. The molecule has 1 aromatic heterocycles. The Labute approximate surface area is 154 Å². The molecule has 2 aromatic carbocycles. The van der Waals surface area contributed by atoms with Crippen LogP contribution in [0.2, 0.25) is 0 Å². The van der Waals surface area contributed by atoms with Crippen molar-refractivity contribution < 1.29 is 4.79 Å². The molecule has 1 unspecified atom stereocenters. The van der Waals surface area contributed by atoms with Crippen LogP contribution in [0.25, 0.3) is 11.0 Å². The van der Waals surface area contributed by atoms with E-state index in [2.05, 4.69) is 36.4 Å². The van der Waals surface area contributed by atoms with Gasteiger partial charge in [-0.1, -0.05) is 43.3 Å². The molecule has 5 heteroatoms. The van der Waals surface area contributed by atoms with Gasteiger partial charge in [-0.05, 0) is 55.5 Å². The Morgan fingerprint density at radius 3 is 2.50 bits per heavy atom. The smallest absolute Gasteiger partial charge is 0.251 e. The average Bonchev–Trinajstić information content (AvgIpc) is 3.04. The fraction of sp³-hybridized carbons (Fsp3) is 0.381. The van der Waals surface area contributed by atoms with Gasteiger partial charge in [0.25, 0.3) is 5.91 Å². The van der Waals surface area contributed by atoms with Gasteiger partial charge in [-0.15, -0.1) is 5.10 Å². The van der Waals surface area contributed by atoms with Crippen molar-refractivity contribution in [2.24, 2.45) is 5.92 Å². The number of nitrogens with one attached hydrogen (secondary N) is 1. The molecule has 0 saturated carbocycles. The van der Waals surface area contributed by atoms with Gasteiger partial charge in [-0.3, -0.25) is 4.79 Å². The number of hydrogen-bond donors (Lipinski definition) is 1. The van der Waals surface area contributed by atoms with E-state index < -0.39 is 0 Å². The minimum absolute atomic E-state index is 0.0148. The molecule has 0 aliphatic rings. The van der Waals surface area contributed by atoms with E-state index >= 15 is 0 Å². The zero-order chi connectivity index (χ0) is 18.5. The van der Waals surface area contributed by atoms with Gasteiger partial charge >= 0.3 is 0 Å². The number of benzene rings is 2. The van der Waals surface area contributed by atoms with E-state index in [9.17, 15) is 4.79 Å². The van der Waals surface area contributed by atoms with Crippen molar-refractivity contribution in [2.45, 2.75) is 46.2 Å². The first-order valence-electron chi connectivity index (χ1n) is 9.21. The van der Waals surface area contributed by atoms with Gasteiger partial charge in [0.15, 0.2) is 0 Å². The van der Waals surface area contributed by atoms with E-state index in [4.69, 9.17) is 0 Å². The molecule has 136 valence electrons. The number of fused-ring (bicyclic) bond motifs is 1. The monoisotopic (exact) mass is 350 g/mol. The molecule has 0 saturated heterocycles. The van der Waals surface area contributed by atoms with Crippen molar-refractivity contribution in [1.29, 1.82) is 0 Å². The Bertz CT molecular complexity index is 867. The predicted octanol–water partition coefficient (Wildman–Crippen LogP) is 4.03. The molecule has 3 rings (SSSR count). The van der Waals surface area contributed by atoms with Crippen molar-refractivity contribution in [3.05, 3.63) is 59.7 Å². The minimum atomic E-state index is -0.0148. The number of nitrogens with zero attached hydrogens (tertiary/aromatic N) is 3. The number of para-hydroxylation sites is 1. The molecule has 0 aliphatic carbocycles. The molecule has 0 bridgehead atoms. The fourth-order valence-corrected chi connectivity index (χ4v) is 2.93. The first-order chi connectivity index (χ1) is 12.5. The summed E-state index contributed by atoms with van der Waals surface area (Å²) < 4.78 is 1.87. The van der Waals surface area contributed by atoms with Crippen LogP contribution in [0.3, 0.4) is 0 Å². The number of hydrogen-bond acceptors (Lipinski definition) is 3. The second-order valence-corrected chi connectivity index (χ2v) is 7.28. The highest BCUT2D eigenvalue weighted by Gasteiger charge is 2.11. The summed E-state index contributed by atoms with van der Waals surface area (Å²) in [6, 6.07) is 15.8. The lowest BCUT2D eigenvalue weighted by Crippen LogP contribution is -2.32. The second-order valence-electron chi connectivity index (χ2n) is 7.28. The predicted molar refractivity (Wildman–Crippen MR) is 104 cm³/mol. The van der Waals surface area contributed by atoms with Crippen molar-refractivity contribution in [3.63, 3.8) is 0 Å². The zero-order valence-corrected chi connectivity index (χ0v) is 15.6. The highest BCUT2D eigenvalue weighted by atomic mass is 16.1. The Kier molecular flexibility index (Phi) is 5.66. The molecule has 3 aromatic rings. The fourth-order valence-electron chi connectivity index (χ4n) is 2.93. The molecule has 0 fully saturated rings. The van der Waals surface area contributed by atoms with Crippen LogP contribution in [-0.4, -0.2) is 26.9 Å². The maximum atomic E-state index is 12.4. The summed E-state index contributed by atoms with van der Waals surface area (Å²) in [4.78, 5) is 12.4. The molecular weight excluding hydrogens is 324 g/mol. The van der Waals surface area contributed by atoms with Gasteiger partial charge in [0.05, 0.1) is 12.1 Å².